The highest BCUT2D eigenvalue weighted by Crippen LogP contribution is 2.34. The topological polar surface area (TPSA) is 4.93 Å². The summed E-state index contributed by atoms with van der Waals surface area (Å²) in [5.41, 5.74) is 0.382. The van der Waals surface area contributed by atoms with Crippen molar-refractivity contribution in [3.8, 4) is 5.69 Å². The van der Waals surface area contributed by atoms with E-state index < -0.39 is 32.2 Å². The van der Waals surface area contributed by atoms with Gasteiger partial charge in [0.25, 0.3) is 0 Å². The smallest absolute Gasteiger partial charge is 0.179 e. The van der Waals surface area contributed by atoms with Crippen LogP contribution < -0.4 is 20.7 Å². The predicted molar refractivity (Wildman–Crippen MR) is 177 cm³/mol. The van der Waals surface area contributed by atoms with Crippen LogP contribution in [0.2, 0.25) is 5.02 Å². The highest BCUT2D eigenvalue weighted by Gasteiger charge is 2.41. The SMILES string of the molecule is [2H]c1c([2H])c([2H])c2c(c1[2H])c1c([2H])c([2H])c([2H])c([2H])c1n2-c1ccc([Si](c2ccccc2)(c2ccccc2)c2cccc(Br)c2)cc1Cl. The molecule has 0 unspecified atom stereocenters. The normalized spacial score (nSPS) is 14.6. The lowest BCUT2D eigenvalue weighted by molar-refractivity contribution is 1.18. The minimum Gasteiger partial charge on any atom is -0.308 e. The first-order valence-electron chi connectivity index (χ1n) is 16.7. The number of nitrogens with zero attached hydrogens (tertiary/aromatic N) is 1. The molecule has 0 amide bonds. The van der Waals surface area contributed by atoms with Crippen LogP contribution in [0.4, 0.5) is 0 Å². The van der Waals surface area contributed by atoms with Gasteiger partial charge in [-0.25, -0.2) is 0 Å². The van der Waals surface area contributed by atoms with Crippen molar-refractivity contribution < 1.29 is 11.0 Å². The molecule has 1 aromatic heterocycles. The van der Waals surface area contributed by atoms with Gasteiger partial charge >= 0.3 is 0 Å². The molecule has 7 rings (SSSR count). The Kier molecular flexibility index (Phi) is 4.54. The van der Waals surface area contributed by atoms with Gasteiger partial charge < -0.3 is 4.57 Å². The van der Waals surface area contributed by atoms with Gasteiger partial charge in [0.05, 0.1) is 32.7 Å². The molecule has 0 radical (unpaired) electrons. The van der Waals surface area contributed by atoms with Gasteiger partial charge in [0.2, 0.25) is 0 Å². The fourth-order valence-corrected chi connectivity index (χ4v) is 11.4. The van der Waals surface area contributed by atoms with Gasteiger partial charge in [-0.3, -0.25) is 0 Å². The van der Waals surface area contributed by atoms with Crippen molar-refractivity contribution in [1.29, 1.82) is 0 Å². The summed E-state index contributed by atoms with van der Waals surface area (Å²) in [7, 11) is -3.02. The van der Waals surface area contributed by atoms with Gasteiger partial charge in [-0.05, 0) is 57.1 Å². The van der Waals surface area contributed by atoms with Crippen LogP contribution in [0.1, 0.15) is 11.0 Å². The molecule has 192 valence electrons. The van der Waals surface area contributed by atoms with E-state index in [0.717, 1.165) is 25.2 Å². The van der Waals surface area contributed by atoms with Crippen LogP contribution in [0.15, 0.2) is 156 Å². The summed E-state index contributed by atoms with van der Waals surface area (Å²) in [5, 5.41) is 4.58. The van der Waals surface area contributed by atoms with E-state index in [9.17, 15) is 0 Å². The lowest BCUT2D eigenvalue weighted by Crippen LogP contribution is -2.74. The first kappa shape index (κ1) is 17.7. The molecule has 1 heterocycles. The zero-order valence-corrected chi connectivity index (χ0v) is 24.4. The van der Waals surface area contributed by atoms with Gasteiger partial charge in [-0.2, -0.15) is 0 Å². The molecule has 1 nitrogen and oxygen atoms in total. The van der Waals surface area contributed by atoms with Crippen LogP contribution in [0.3, 0.4) is 0 Å². The van der Waals surface area contributed by atoms with Crippen molar-refractivity contribution in [3.63, 3.8) is 0 Å². The van der Waals surface area contributed by atoms with Crippen LogP contribution in [-0.2, 0) is 0 Å². The molecule has 40 heavy (non-hydrogen) atoms. The Morgan fingerprint density at radius 3 is 1.65 bits per heavy atom. The average Bonchev–Trinajstić information content (AvgIpc) is 3.46. The fourth-order valence-electron chi connectivity index (χ4n) is 5.68. The van der Waals surface area contributed by atoms with Crippen LogP contribution in [0.25, 0.3) is 27.5 Å². The third kappa shape index (κ3) is 3.96. The van der Waals surface area contributed by atoms with Crippen LogP contribution >= 0.6 is 27.5 Å². The molecular weight excluding hydrogens is 590 g/mol. The molecule has 0 N–H and O–H groups in total. The van der Waals surface area contributed by atoms with Gasteiger partial charge in [0.1, 0.15) is 0 Å². The van der Waals surface area contributed by atoms with Crippen molar-refractivity contribution in [1.82, 2.24) is 4.57 Å². The number of rotatable bonds is 5. The van der Waals surface area contributed by atoms with Crippen LogP contribution in [0.5, 0.6) is 0 Å². The summed E-state index contributed by atoms with van der Waals surface area (Å²) in [6, 6.07) is 31.0. The minimum atomic E-state index is -3.02. The Labute approximate surface area is 259 Å². The maximum absolute atomic E-state index is 8.90. The lowest BCUT2D eigenvalue weighted by atomic mass is 10.2. The quantitative estimate of drug-likeness (QED) is 0.138. The Bertz CT molecular complexity index is 2300. The van der Waals surface area contributed by atoms with E-state index in [-0.39, 0.29) is 51.0 Å². The number of halogens is 2. The summed E-state index contributed by atoms with van der Waals surface area (Å²) in [6.07, 6.45) is 0. The lowest BCUT2D eigenvalue weighted by Gasteiger charge is -2.35. The van der Waals surface area contributed by atoms with Gasteiger partial charge in [0.15, 0.2) is 8.07 Å². The molecule has 6 aromatic carbocycles. The first-order valence-corrected chi connectivity index (χ1v) is 15.9. The number of hydrogen-bond acceptors (Lipinski definition) is 0. The van der Waals surface area contributed by atoms with Crippen LogP contribution in [-0.4, -0.2) is 12.6 Å². The molecule has 4 heteroatoms. The van der Waals surface area contributed by atoms with Gasteiger partial charge in [-0.1, -0.05) is 143 Å². The van der Waals surface area contributed by atoms with Crippen molar-refractivity contribution >= 4 is 78.2 Å². The predicted octanol–water partition coefficient (Wildman–Crippen LogP) is 7.58. The Hall–Kier alpha value is -3.89. The standard InChI is InChI=1S/C36H25BrClNSi/c37-26-12-11-17-29(24-26)40(27-13-3-1-4-14-27,28-15-5-2-6-16-28)30-22-23-36(33(38)25-30)39-34-20-9-7-18-31(34)32-19-8-10-21-35(32)39/h1-25H/i7D,8D,9D,10D,18D,19D,20D,21D. The maximum atomic E-state index is 8.90. The minimum absolute atomic E-state index is 0.00886. The summed E-state index contributed by atoms with van der Waals surface area (Å²) in [5.74, 6) is 0. The second-order valence-corrected chi connectivity index (χ2v) is 14.6. The summed E-state index contributed by atoms with van der Waals surface area (Å²) >= 11 is 10.9. The Morgan fingerprint density at radius 2 is 1.10 bits per heavy atom. The van der Waals surface area contributed by atoms with E-state index in [1.807, 2.05) is 60.7 Å². The largest absolute Gasteiger partial charge is 0.308 e. The van der Waals surface area contributed by atoms with E-state index in [1.54, 1.807) is 6.07 Å². The molecule has 0 aliphatic rings. The molecule has 0 saturated heterocycles. The first-order chi connectivity index (χ1) is 23.0. The number of para-hydroxylation sites is 2. The summed E-state index contributed by atoms with van der Waals surface area (Å²) in [6.45, 7) is 0. The third-order valence-corrected chi connectivity index (χ3v) is 12.9. The van der Waals surface area contributed by atoms with E-state index in [0.29, 0.717) is 5.69 Å². The molecule has 0 aliphatic carbocycles. The van der Waals surface area contributed by atoms with Crippen molar-refractivity contribution in [2.45, 2.75) is 0 Å². The molecule has 7 aromatic rings. The monoisotopic (exact) mass is 621 g/mol. The van der Waals surface area contributed by atoms with E-state index in [4.69, 9.17) is 22.6 Å². The van der Waals surface area contributed by atoms with Crippen molar-refractivity contribution in [2.24, 2.45) is 0 Å². The number of aromatic nitrogens is 1. The number of benzene rings is 6. The highest BCUT2D eigenvalue weighted by molar-refractivity contribution is 9.10. The highest BCUT2D eigenvalue weighted by atomic mass is 79.9. The number of hydrogen-bond donors (Lipinski definition) is 0. The molecule has 0 atom stereocenters. The summed E-state index contributed by atoms with van der Waals surface area (Å²) in [4.78, 5) is 0. The Morgan fingerprint density at radius 1 is 0.575 bits per heavy atom. The Balaban J connectivity index is 1.62. The van der Waals surface area contributed by atoms with Crippen molar-refractivity contribution in [3.05, 3.63) is 161 Å². The van der Waals surface area contributed by atoms with Crippen LogP contribution in [0, 0.1) is 0 Å². The third-order valence-electron chi connectivity index (χ3n) is 7.33. The van der Waals surface area contributed by atoms with E-state index in [1.165, 1.54) is 4.57 Å². The zero-order chi connectivity index (χ0) is 34.1. The van der Waals surface area contributed by atoms with E-state index >= 15 is 0 Å². The second kappa shape index (κ2) is 10.3. The number of fused-ring (bicyclic) bond motifs is 3. The molecule has 0 fully saturated rings. The van der Waals surface area contributed by atoms with Gasteiger partial charge in [-0.15, -0.1) is 0 Å². The van der Waals surface area contributed by atoms with Crippen molar-refractivity contribution in [2.75, 3.05) is 0 Å². The summed E-state index contributed by atoms with van der Waals surface area (Å²) < 4.78 is 71.3. The molecule has 0 spiro atoms. The fraction of sp³-hybridized carbons (Fsp3) is 0. The molecule has 0 bridgehead atoms. The molecular formula is C36H25BrClNSi. The zero-order valence-electron chi connectivity index (χ0n) is 29.0. The maximum Gasteiger partial charge on any atom is 0.179 e. The average molecular weight is 623 g/mol. The second-order valence-electron chi connectivity index (χ2n) is 9.44. The molecule has 0 saturated carbocycles. The van der Waals surface area contributed by atoms with E-state index in [2.05, 4.69) is 52.3 Å². The van der Waals surface area contributed by atoms with Gasteiger partial charge in [0, 0.05) is 15.2 Å². The molecule has 0 aliphatic heterocycles.